The molecule has 1 heterocycles. The number of aryl methyl sites for hydroxylation is 2. The van der Waals surface area contributed by atoms with Gasteiger partial charge in [0.2, 0.25) is 0 Å². The van der Waals surface area contributed by atoms with Crippen LogP contribution in [0.25, 0.3) is 11.0 Å². The van der Waals surface area contributed by atoms with E-state index in [2.05, 4.69) is 28.0 Å². The summed E-state index contributed by atoms with van der Waals surface area (Å²) in [5.41, 5.74) is 2.88. The number of alkyl halides is 1. The molecule has 0 saturated carbocycles. The number of benzene rings is 1. The molecule has 0 N–H and O–H groups in total. The maximum Gasteiger partial charge on any atom is 0.173 e. The van der Waals surface area contributed by atoms with E-state index in [9.17, 15) is 0 Å². The Morgan fingerprint density at radius 2 is 2.24 bits per heavy atom. The monoisotopic (exact) mass is 297 g/mol. The van der Waals surface area contributed by atoms with E-state index in [1.165, 1.54) is 0 Å². The van der Waals surface area contributed by atoms with Gasteiger partial charge in [0.05, 0.1) is 12.3 Å². The number of nitrogens with zero attached hydrogens (tertiary/aromatic N) is 1. The minimum Gasteiger partial charge on any atom is -0.493 e. The van der Waals surface area contributed by atoms with Crippen LogP contribution in [-0.2, 0) is 6.42 Å². The second kappa shape index (κ2) is 5.54. The maximum atomic E-state index is 5.67. The van der Waals surface area contributed by atoms with E-state index in [0.29, 0.717) is 0 Å². The number of rotatable bonds is 5. The van der Waals surface area contributed by atoms with Gasteiger partial charge < -0.3 is 9.26 Å². The van der Waals surface area contributed by atoms with Gasteiger partial charge in [-0.3, -0.25) is 0 Å². The van der Waals surface area contributed by atoms with Crippen LogP contribution in [0, 0.1) is 6.92 Å². The normalized spacial score (nSPS) is 11.0. The molecule has 4 heteroatoms. The average molecular weight is 298 g/mol. The fourth-order valence-electron chi connectivity index (χ4n) is 1.81. The summed E-state index contributed by atoms with van der Waals surface area (Å²) in [5.74, 6) is 0.890. The zero-order chi connectivity index (χ0) is 12.3. The van der Waals surface area contributed by atoms with Crippen molar-refractivity contribution in [3.63, 3.8) is 0 Å². The minimum atomic E-state index is 0.731. The Morgan fingerprint density at radius 1 is 1.41 bits per heavy atom. The summed E-state index contributed by atoms with van der Waals surface area (Å²) in [4.78, 5) is 0. The van der Waals surface area contributed by atoms with Crippen LogP contribution in [0.4, 0.5) is 0 Å². The van der Waals surface area contributed by atoms with Crippen LogP contribution in [0.1, 0.15) is 24.6 Å². The predicted molar refractivity (Wildman–Crippen MR) is 72.0 cm³/mol. The lowest BCUT2D eigenvalue weighted by Gasteiger charge is -2.07. The van der Waals surface area contributed by atoms with E-state index in [1.54, 1.807) is 0 Å². The average Bonchev–Trinajstić information content (AvgIpc) is 2.73. The molecule has 0 aliphatic heterocycles. The Labute approximate surface area is 109 Å². The topological polar surface area (TPSA) is 35.3 Å². The summed E-state index contributed by atoms with van der Waals surface area (Å²) in [7, 11) is 0. The molecule has 2 rings (SSSR count). The smallest absolute Gasteiger partial charge is 0.173 e. The molecule has 0 amide bonds. The van der Waals surface area contributed by atoms with Gasteiger partial charge in [-0.2, -0.15) is 0 Å². The van der Waals surface area contributed by atoms with E-state index >= 15 is 0 Å². The Balaban J connectivity index is 2.39. The molecule has 0 fully saturated rings. The standard InChI is InChI=1S/C13H16BrNO2/c1-3-8-16-12-5-4-10-11(6-7-14)15-17-13(10)9(12)2/h4-5H,3,6-8H2,1-2H3. The number of ether oxygens (including phenoxy) is 1. The highest BCUT2D eigenvalue weighted by Gasteiger charge is 2.13. The Morgan fingerprint density at radius 3 is 2.94 bits per heavy atom. The lowest BCUT2D eigenvalue weighted by molar-refractivity contribution is 0.315. The largest absolute Gasteiger partial charge is 0.493 e. The van der Waals surface area contributed by atoms with Crippen LogP contribution in [0.15, 0.2) is 16.7 Å². The highest BCUT2D eigenvalue weighted by molar-refractivity contribution is 9.09. The van der Waals surface area contributed by atoms with Crippen LogP contribution >= 0.6 is 15.9 Å². The van der Waals surface area contributed by atoms with Crippen LogP contribution in [0.5, 0.6) is 5.75 Å². The van der Waals surface area contributed by atoms with Gasteiger partial charge in [0, 0.05) is 22.7 Å². The van der Waals surface area contributed by atoms with Gasteiger partial charge >= 0.3 is 0 Å². The predicted octanol–water partition coefficient (Wildman–Crippen LogP) is 3.86. The number of halogens is 1. The Bertz CT molecular complexity index is 507. The van der Waals surface area contributed by atoms with Gasteiger partial charge in [-0.25, -0.2) is 0 Å². The molecule has 0 saturated heterocycles. The lowest BCUT2D eigenvalue weighted by Crippen LogP contribution is -1.97. The Kier molecular flexibility index (Phi) is 4.05. The number of hydrogen-bond acceptors (Lipinski definition) is 3. The first-order valence-electron chi connectivity index (χ1n) is 5.84. The van der Waals surface area contributed by atoms with Crippen molar-refractivity contribution in [2.45, 2.75) is 26.7 Å². The highest BCUT2D eigenvalue weighted by Crippen LogP contribution is 2.29. The number of aromatic nitrogens is 1. The molecule has 92 valence electrons. The van der Waals surface area contributed by atoms with Gasteiger partial charge in [-0.1, -0.05) is 28.0 Å². The molecule has 0 spiro atoms. The Hall–Kier alpha value is -1.03. The molecule has 0 aliphatic rings. The van der Waals surface area contributed by atoms with Crippen molar-refractivity contribution in [2.75, 3.05) is 11.9 Å². The fourth-order valence-corrected chi connectivity index (χ4v) is 2.18. The molecule has 0 bridgehead atoms. The third-order valence-corrected chi connectivity index (χ3v) is 3.10. The summed E-state index contributed by atoms with van der Waals surface area (Å²) in [6.45, 7) is 4.83. The molecule has 3 nitrogen and oxygen atoms in total. The number of fused-ring (bicyclic) bond motifs is 1. The van der Waals surface area contributed by atoms with Crippen molar-refractivity contribution in [3.8, 4) is 5.75 Å². The molecule has 0 unspecified atom stereocenters. The van der Waals surface area contributed by atoms with Crippen molar-refractivity contribution in [1.29, 1.82) is 0 Å². The molecule has 17 heavy (non-hydrogen) atoms. The summed E-state index contributed by atoms with van der Waals surface area (Å²) in [6.07, 6.45) is 1.88. The van der Waals surface area contributed by atoms with Crippen molar-refractivity contribution in [2.24, 2.45) is 0 Å². The quantitative estimate of drug-likeness (QED) is 0.786. The lowest BCUT2D eigenvalue weighted by atomic mass is 10.1. The van der Waals surface area contributed by atoms with Crippen LogP contribution < -0.4 is 4.74 Å². The van der Waals surface area contributed by atoms with E-state index in [1.807, 2.05) is 19.1 Å². The minimum absolute atomic E-state index is 0.731. The second-order valence-electron chi connectivity index (χ2n) is 3.98. The van der Waals surface area contributed by atoms with Crippen molar-refractivity contribution in [3.05, 3.63) is 23.4 Å². The van der Waals surface area contributed by atoms with Crippen molar-refractivity contribution in [1.82, 2.24) is 5.16 Å². The van der Waals surface area contributed by atoms with E-state index in [0.717, 1.165) is 52.8 Å². The molecule has 1 aromatic heterocycles. The van der Waals surface area contributed by atoms with Crippen LogP contribution in [0.3, 0.4) is 0 Å². The first kappa shape index (κ1) is 12.4. The van der Waals surface area contributed by atoms with Gasteiger partial charge in [0.25, 0.3) is 0 Å². The third kappa shape index (κ3) is 2.46. The van der Waals surface area contributed by atoms with E-state index < -0.39 is 0 Å². The molecule has 2 aromatic rings. The molecule has 1 aromatic carbocycles. The molecule has 0 radical (unpaired) electrons. The summed E-state index contributed by atoms with van der Waals surface area (Å²) < 4.78 is 11.1. The zero-order valence-corrected chi connectivity index (χ0v) is 11.7. The van der Waals surface area contributed by atoms with Crippen molar-refractivity contribution < 1.29 is 9.26 Å². The fraction of sp³-hybridized carbons (Fsp3) is 0.462. The van der Waals surface area contributed by atoms with Crippen molar-refractivity contribution >= 4 is 26.9 Å². The molecular formula is C13H16BrNO2. The molecule has 0 aliphatic carbocycles. The molecular weight excluding hydrogens is 282 g/mol. The maximum absolute atomic E-state index is 5.67. The number of hydrogen-bond donors (Lipinski definition) is 0. The third-order valence-electron chi connectivity index (χ3n) is 2.71. The summed E-state index contributed by atoms with van der Waals surface area (Å²) in [6, 6.07) is 4.03. The van der Waals surface area contributed by atoms with Crippen LogP contribution in [-0.4, -0.2) is 17.1 Å². The second-order valence-corrected chi connectivity index (χ2v) is 4.78. The van der Waals surface area contributed by atoms with E-state index in [-0.39, 0.29) is 0 Å². The van der Waals surface area contributed by atoms with Gasteiger partial charge in [0.1, 0.15) is 5.75 Å². The van der Waals surface area contributed by atoms with Gasteiger partial charge in [0.15, 0.2) is 5.58 Å². The van der Waals surface area contributed by atoms with E-state index in [4.69, 9.17) is 9.26 Å². The SMILES string of the molecule is CCCOc1ccc2c(CCBr)noc2c1C. The zero-order valence-electron chi connectivity index (χ0n) is 10.1. The summed E-state index contributed by atoms with van der Waals surface area (Å²) in [5, 5.41) is 6.09. The first-order valence-corrected chi connectivity index (χ1v) is 6.96. The summed E-state index contributed by atoms with van der Waals surface area (Å²) >= 11 is 3.42. The van der Waals surface area contributed by atoms with Gasteiger partial charge in [-0.05, 0) is 25.5 Å². The first-order chi connectivity index (χ1) is 8.27. The van der Waals surface area contributed by atoms with Crippen LogP contribution in [0.2, 0.25) is 0 Å². The highest BCUT2D eigenvalue weighted by atomic mass is 79.9. The molecule has 0 atom stereocenters. The van der Waals surface area contributed by atoms with Gasteiger partial charge in [-0.15, -0.1) is 0 Å².